The summed E-state index contributed by atoms with van der Waals surface area (Å²) in [5.41, 5.74) is 0. The van der Waals surface area contributed by atoms with E-state index in [2.05, 4.69) is 24.5 Å². The van der Waals surface area contributed by atoms with Crippen LogP contribution >= 0.6 is 0 Å². The number of esters is 1. The molecule has 0 aromatic rings. The van der Waals surface area contributed by atoms with Gasteiger partial charge >= 0.3 is 11.9 Å². The van der Waals surface area contributed by atoms with Crippen LogP contribution in [0, 0.1) is 0 Å². The lowest BCUT2D eigenvalue weighted by Gasteiger charge is -2.18. The molecule has 0 aromatic heterocycles. The number of aliphatic hydroxyl groups is 1. The van der Waals surface area contributed by atoms with Crippen LogP contribution in [0.3, 0.4) is 0 Å². The largest absolute Gasteiger partial charge is 0.480 e. The zero-order valence-electron chi connectivity index (χ0n) is 32.4. The van der Waals surface area contributed by atoms with Crippen molar-refractivity contribution in [3.8, 4) is 0 Å². The fraction of sp³-hybridized carbons (Fsp3) is 0.902. The lowest BCUT2D eigenvalue weighted by molar-refractivity contribution is -0.150. The Morgan fingerprint density at radius 2 is 0.900 bits per heavy atom. The summed E-state index contributed by atoms with van der Waals surface area (Å²) in [6.45, 7) is 3.39. The van der Waals surface area contributed by atoms with Crippen LogP contribution < -0.4 is 10.6 Å². The van der Waals surface area contributed by atoms with E-state index in [0.29, 0.717) is 12.8 Å². The molecule has 0 radical (unpaired) electrons. The molecule has 9 heteroatoms. The first-order valence-electron chi connectivity index (χ1n) is 20.9. The number of aliphatic hydroxyl groups excluding tert-OH is 1. The molecule has 0 rings (SSSR count). The number of carboxylic acid groups (broad SMARTS) is 1. The van der Waals surface area contributed by atoms with Crippen LogP contribution in [-0.2, 0) is 23.9 Å². The average molecular weight is 711 g/mol. The molecule has 9 nitrogen and oxygen atoms in total. The van der Waals surface area contributed by atoms with Crippen LogP contribution in [0.1, 0.15) is 213 Å². The van der Waals surface area contributed by atoms with Gasteiger partial charge in [0.2, 0.25) is 11.8 Å². The SMILES string of the molecule is CCCCCCCCCCCCCCCCCCCCCCCC(=O)OC(CCCCC)CCCCCC(=O)NCC(=O)NC(CO)C(=O)O. The Morgan fingerprint density at radius 3 is 1.34 bits per heavy atom. The van der Waals surface area contributed by atoms with Crippen LogP contribution in [0.15, 0.2) is 0 Å². The maximum Gasteiger partial charge on any atom is 0.328 e. The highest BCUT2D eigenvalue weighted by molar-refractivity contribution is 5.87. The van der Waals surface area contributed by atoms with Gasteiger partial charge in [0, 0.05) is 12.8 Å². The minimum Gasteiger partial charge on any atom is -0.480 e. The van der Waals surface area contributed by atoms with Crippen LogP contribution in [0.25, 0.3) is 0 Å². The zero-order valence-corrected chi connectivity index (χ0v) is 32.4. The molecule has 2 atom stereocenters. The second-order valence-corrected chi connectivity index (χ2v) is 14.4. The quantitative estimate of drug-likeness (QED) is 0.0369. The van der Waals surface area contributed by atoms with Gasteiger partial charge in [-0.05, 0) is 38.5 Å². The first-order valence-corrected chi connectivity index (χ1v) is 20.9. The molecule has 0 bridgehead atoms. The summed E-state index contributed by atoms with van der Waals surface area (Å²) >= 11 is 0. The molecule has 0 saturated carbocycles. The summed E-state index contributed by atoms with van der Waals surface area (Å²) in [5, 5.41) is 22.5. The number of nitrogens with one attached hydrogen (secondary N) is 2. The van der Waals surface area contributed by atoms with Gasteiger partial charge in [0.05, 0.1) is 13.2 Å². The highest BCUT2D eigenvalue weighted by atomic mass is 16.5. The lowest BCUT2D eigenvalue weighted by Crippen LogP contribution is -2.47. The monoisotopic (exact) mass is 711 g/mol. The van der Waals surface area contributed by atoms with Crippen LogP contribution in [0.4, 0.5) is 0 Å². The van der Waals surface area contributed by atoms with E-state index in [4.69, 9.17) is 14.9 Å². The molecule has 2 amide bonds. The molecule has 0 aromatic carbocycles. The summed E-state index contributed by atoms with van der Waals surface area (Å²) < 4.78 is 5.87. The topological polar surface area (TPSA) is 142 Å². The number of carbonyl (C=O) groups excluding carboxylic acids is 3. The molecule has 0 aliphatic heterocycles. The van der Waals surface area contributed by atoms with Crippen molar-refractivity contribution in [2.75, 3.05) is 13.2 Å². The number of aliphatic carboxylic acids is 1. The molecular formula is C41H78N2O7. The summed E-state index contributed by atoms with van der Waals surface area (Å²) in [7, 11) is 0. The van der Waals surface area contributed by atoms with E-state index in [9.17, 15) is 19.2 Å². The Kier molecular flexibility index (Phi) is 35.0. The fourth-order valence-corrected chi connectivity index (χ4v) is 6.36. The Balaban J connectivity index is 3.80. The summed E-state index contributed by atoms with van der Waals surface area (Å²) in [5.74, 6) is -2.38. The van der Waals surface area contributed by atoms with Gasteiger partial charge in [-0.1, -0.05) is 162 Å². The maximum absolute atomic E-state index is 12.6. The molecule has 4 N–H and O–H groups in total. The van der Waals surface area contributed by atoms with Gasteiger partial charge in [-0.15, -0.1) is 0 Å². The summed E-state index contributed by atoms with van der Waals surface area (Å²) in [4.78, 5) is 47.2. The van der Waals surface area contributed by atoms with E-state index in [0.717, 1.165) is 57.8 Å². The minimum atomic E-state index is -1.39. The van der Waals surface area contributed by atoms with Gasteiger partial charge in [-0.2, -0.15) is 0 Å². The Hall–Kier alpha value is -2.16. The number of hydrogen-bond donors (Lipinski definition) is 4. The van der Waals surface area contributed by atoms with Crippen molar-refractivity contribution in [3.63, 3.8) is 0 Å². The van der Waals surface area contributed by atoms with E-state index in [-0.39, 0.29) is 30.9 Å². The number of amides is 2. The van der Waals surface area contributed by atoms with Gasteiger partial charge < -0.3 is 25.6 Å². The number of carbonyl (C=O) groups is 4. The van der Waals surface area contributed by atoms with Gasteiger partial charge in [0.1, 0.15) is 12.1 Å². The average Bonchev–Trinajstić information content (AvgIpc) is 3.10. The molecule has 0 saturated heterocycles. The third-order valence-electron chi connectivity index (χ3n) is 9.60. The molecule has 2 unspecified atom stereocenters. The van der Waals surface area contributed by atoms with Crippen molar-refractivity contribution in [2.45, 2.75) is 225 Å². The number of unbranched alkanes of at least 4 members (excludes halogenated alkanes) is 24. The number of ether oxygens (including phenoxy) is 1. The van der Waals surface area contributed by atoms with Crippen molar-refractivity contribution in [1.82, 2.24) is 10.6 Å². The van der Waals surface area contributed by atoms with Crippen LogP contribution in [0.2, 0.25) is 0 Å². The molecule has 0 fully saturated rings. The van der Waals surface area contributed by atoms with E-state index >= 15 is 0 Å². The van der Waals surface area contributed by atoms with E-state index < -0.39 is 24.5 Å². The van der Waals surface area contributed by atoms with Crippen molar-refractivity contribution in [3.05, 3.63) is 0 Å². The van der Waals surface area contributed by atoms with E-state index in [1.165, 1.54) is 122 Å². The second kappa shape index (κ2) is 36.6. The summed E-state index contributed by atoms with van der Waals surface area (Å²) in [6, 6.07) is -1.39. The number of carboxylic acids is 1. The van der Waals surface area contributed by atoms with Gasteiger partial charge in [-0.3, -0.25) is 14.4 Å². The van der Waals surface area contributed by atoms with Crippen molar-refractivity contribution in [1.29, 1.82) is 0 Å². The molecular weight excluding hydrogens is 632 g/mol. The van der Waals surface area contributed by atoms with Crippen LogP contribution in [0.5, 0.6) is 0 Å². The van der Waals surface area contributed by atoms with E-state index in [1.54, 1.807) is 0 Å². The predicted molar refractivity (Wildman–Crippen MR) is 204 cm³/mol. The number of rotatable bonds is 38. The Bertz CT molecular complexity index is 823. The van der Waals surface area contributed by atoms with Gasteiger partial charge in [-0.25, -0.2) is 4.79 Å². The smallest absolute Gasteiger partial charge is 0.328 e. The highest BCUT2D eigenvalue weighted by Gasteiger charge is 2.19. The third kappa shape index (κ3) is 33.0. The molecule has 0 spiro atoms. The molecule has 0 aliphatic rings. The molecule has 294 valence electrons. The van der Waals surface area contributed by atoms with Crippen molar-refractivity contribution < 1.29 is 34.1 Å². The normalized spacial score (nSPS) is 12.4. The zero-order chi connectivity index (χ0) is 36.9. The maximum atomic E-state index is 12.6. The molecule has 0 aliphatic carbocycles. The third-order valence-corrected chi connectivity index (χ3v) is 9.60. The number of hydrogen-bond acceptors (Lipinski definition) is 6. The molecule has 50 heavy (non-hydrogen) atoms. The van der Waals surface area contributed by atoms with Crippen molar-refractivity contribution >= 4 is 23.8 Å². The van der Waals surface area contributed by atoms with Gasteiger partial charge in [0.25, 0.3) is 0 Å². The first kappa shape index (κ1) is 47.8. The van der Waals surface area contributed by atoms with Crippen LogP contribution in [-0.4, -0.2) is 59.3 Å². The highest BCUT2D eigenvalue weighted by Crippen LogP contribution is 2.18. The van der Waals surface area contributed by atoms with Crippen molar-refractivity contribution in [2.24, 2.45) is 0 Å². The minimum absolute atomic E-state index is 0.0739. The predicted octanol–water partition coefficient (Wildman–Crippen LogP) is 9.71. The van der Waals surface area contributed by atoms with Gasteiger partial charge in [0.15, 0.2) is 0 Å². The first-order chi connectivity index (χ1) is 24.3. The second-order valence-electron chi connectivity index (χ2n) is 14.4. The van der Waals surface area contributed by atoms with E-state index in [1.807, 2.05) is 0 Å². The Morgan fingerprint density at radius 1 is 0.520 bits per heavy atom. The molecule has 0 heterocycles. The fourth-order valence-electron chi connectivity index (χ4n) is 6.36. The standard InChI is InChI=1S/C41H78N2O7/c1-3-5-7-8-9-10-11-12-13-14-15-16-17-18-19-20-21-22-23-24-29-33-40(47)50-36(30-26-6-4-2)31-27-25-28-32-38(45)42-34-39(46)43-37(35-44)41(48)49/h36-37,44H,3-35H2,1-2H3,(H,42,45)(H,43,46)(H,48,49). The Labute approximate surface area is 306 Å². The lowest BCUT2D eigenvalue weighted by atomic mass is 10.0. The summed E-state index contributed by atoms with van der Waals surface area (Å²) in [6.07, 6.45) is 36.1.